The zero-order valence-electron chi connectivity index (χ0n) is 13.3. The van der Waals surface area contributed by atoms with Crippen LogP contribution in [0, 0.1) is 5.92 Å². The standard InChI is InChI=1S/C17H24N2O2/c1-11(2)7-6-10-19-15-13(17(20)21)8-5-9-14(15)18-16(19)12(3)4/h5,8-9,11-12H,6-7,10H2,1-4H3,(H,20,21). The van der Waals surface area contributed by atoms with Gasteiger partial charge >= 0.3 is 5.97 Å². The lowest BCUT2D eigenvalue weighted by Crippen LogP contribution is -2.09. The first-order valence-corrected chi connectivity index (χ1v) is 7.64. The van der Waals surface area contributed by atoms with Crippen LogP contribution in [0.5, 0.6) is 0 Å². The van der Waals surface area contributed by atoms with E-state index in [4.69, 9.17) is 0 Å². The molecule has 0 aliphatic carbocycles. The number of aromatic carboxylic acids is 1. The fourth-order valence-corrected chi connectivity index (χ4v) is 2.70. The third-order valence-corrected chi connectivity index (χ3v) is 3.71. The number of benzene rings is 1. The van der Waals surface area contributed by atoms with Crippen LogP contribution in [0.15, 0.2) is 18.2 Å². The summed E-state index contributed by atoms with van der Waals surface area (Å²) < 4.78 is 2.10. The molecular weight excluding hydrogens is 264 g/mol. The number of fused-ring (bicyclic) bond motifs is 1. The van der Waals surface area contributed by atoms with Crippen molar-refractivity contribution in [2.45, 2.75) is 53.0 Å². The molecular formula is C17H24N2O2. The van der Waals surface area contributed by atoms with Gasteiger partial charge in [0.25, 0.3) is 0 Å². The van der Waals surface area contributed by atoms with Crippen molar-refractivity contribution < 1.29 is 9.90 Å². The number of nitrogens with zero attached hydrogens (tertiary/aromatic N) is 2. The number of hydrogen-bond acceptors (Lipinski definition) is 2. The summed E-state index contributed by atoms with van der Waals surface area (Å²) >= 11 is 0. The molecule has 0 bridgehead atoms. The zero-order chi connectivity index (χ0) is 15.6. The van der Waals surface area contributed by atoms with E-state index >= 15 is 0 Å². The van der Waals surface area contributed by atoms with Gasteiger partial charge in [0.05, 0.1) is 16.6 Å². The summed E-state index contributed by atoms with van der Waals surface area (Å²) in [5.41, 5.74) is 1.89. The highest BCUT2D eigenvalue weighted by molar-refractivity contribution is 6.01. The average Bonchev–Trinajstić information content (AvgIpc) is 2.77. The van der Waals surface area contributed by atoms with Crippen LogP contribution in [0.1, 0.15) is 62.6 Å². The predicted molar refractivity (Wildman–Crippen MR) is 84.9 cm³/mol. The minimum absolute atomic E-state index is 0.276. The summed E-state index contributed by atoms with van der Waals surface area (Å²) in [6, 6.07) is 5.32. The summed E-state index contributed by atoms with van der Waals surface area (Å²) in [6.45, 7) is 9.43. The van der Waals surface area contributed by atoms with E-state index < -0.39 is 5.97 Å². The van der Waals surface area contributed by atoms with E-state index in [9.17, 15) is 9.90 Å². The van der Waals surface area contributed by atoms with Crippen LogP contribution in [-0.4, -0.2) is 20.6 Å². The quantitative estimate of drug-likeness (QED) is 0.862. The van der Waals surface area contributed by atoms with Gasteiger partial charge in [-0.15, -0.1) is 0 Å². The van der Waals surface area contributed by atoms with Crippen molar-refractivity contribution >= 4 is 17.0 Å². The Hall–Kier alpha value is -1.84. The van der Waals surface area contributed by atoms with Crippen LogP contribution in [-0.2, 0) is 6.54 Å². The molecule has 2 rings (SSSR count). The molecule has 0 fully saturated rings. The van der Waals surface area contributed by atoms with Crippen molar-refractivity contribution in [3.05, 3.63) is 29.6 Å². The molecule has 0 aliphatic heterocycles. The lowest BCUT2D eigenvalue weighted by atomic mass is 10.1. The van der Waals surface area contributed by atoms with Crippen molar-refractivity contribution in [3.63, 3.8) is 0 Å². The van der Waals surface area contributed by atoms with E-state index in [0.29, 0.717) is 11.5 Å². The van der Waals surface area contributed by atoms with Crippen LogP contribution in [0.2, 0.25) is 0 Å². The van der Waals surface area contributed by atoms with Crippen molar-refractivity contribution in [2.24, 2.45) is 5.92 Å². The minimum Gasteiger partial charge on any atom is -0.478 e. The third-order valence-electron chi connectivity index (χ3n) is 3.71. The average molecular weight is 288 g/mol. The molecule has 1 aromatic heterocycles. The van der Waals surface area contributed by atoms with Gasteiger partial charge in [-0.05, 0) is 30.9 Å². The highest BCUT2D eigenvalue weighted by atomic mass is 16.4. The Morgan fingerprint density at radius 3 is 2.57 bits per heavy atom. The molecule has 2 aromatic rings. The molecule has 0 atom stereocenters. The van der Waals surface area contributed by atoms with E-state index in [1.165, 1.54) is 0 Å². The molecule has 1 N–H and O–H groups in total. The molecule has 0 saturated heterocycles. The molecule has 0 saturated carbocycles. The number of rotatable bonds is 6. The van der Waals surface area contributed by atoms with E-state index in [0.717, 1.165) is 36.2 Å². The maximum atomic E-state index is 11.5. The Morgan fingerprint density at radius 1 is 1.29 bits per heavy atom. The molecule has 1 heterocycles. The van der Waals surface area contributed by atoms with Crippen molar-refractivity contribution in [1.82, 2.24) is 9.55 Å². The second kappa shape index (κ2) is 6.29. The summed E-state index contributed by atoms with van der Waals surface area (Å²) in [4.78, 5) is 16.1. The largest absolute Gasteiger partial charge is 0.478 e. The predicted octanol–water partition coefficient (Wildman–Crippen LogP) is 4.29. The maximum Gasteiger partial charge on any atom is 0.337 e. The molecule has 4 heteroatoms. The van der Waals surface area contributed by atoms with Gasteiger partial charge in [-0.3, -0.25) is 0 Å². The number of imidazole rings is 1. The van der Waals surface area contributed by atoms with E-state index in [1.54, 1.807) is 12.1 Å². The Labute approximate surface area is 125 Å². The number of para-hydroxylation sites is 1. The van der Waals surface area contributed by atoms with Gasteiger partial charge in [0.15, 0.2) is 0 Å². The molecule has 0 spiro atoms. The fourth-order valence-electron chi connectivity index (χ4n) is 2.70. The zero-order valence-corrected chi connectivity index (χ0v) is 13.3. The Bertz CT molecular complexity index is 642. The topological polar surface area (TPSA) is 55.1 Å². The highest BCUT2D eigenvalue weighted by Gasteiger charge is 2.18. The minimum atomic E-state index is -0.888. The SMILES string of the molecule is CC(C)CCCn1c(C(C)C)nc2cccc(C(=O)O)c21. The molecule has 0 amide bonds. The number of carboxylic acids is 1. The van der Waals surface area contributed by atoms with Gasteiger partial charge in [-0.1, -0.05) is 33.8 Å². The number of aryl methyl sites for hydroxylation is 1. The van der Waals surface area contributed by atoms with Gasteiger partial charge in [0.1, 0.15) is 5.82 Å². The van der Waals surface area contributed by atoms with Crippen LogP contribution in [0.25, 0.3) is 11.0 Å². The van der Waals surface area contributed by atoms with E-state index in [2.05, 4.69) is 37.2 Å². The Kier molecular flexibility index (Phi) is 4.66. The monoisotopic (exact) mass is 288 g/mol. The summed E-state index contributed by atoms with van der Waals surface area (Å²) in [6.07, 6.45) is 2.17. The first-order valence-electron chi connectivity index (χ1n) is 7.64. The summed E-state index contributed by atoms with van der Waals surface area (Å²) in [5.74, 6) is 1.02. The molecule has 1 aromatic carbocycles. The second-order valence-electron chi connectivity index (χ2n) is 6.29. The van der Waals surface area contributed by atoms with Crippen LogP contribution in [0.3, 0.4) is 0 Å². The van der Waals surface area contributed by atoms with Gasteiger partial charge in [-0.2, -0.15) is 0 Å². The van der Waals surface area contributed by atoms with Gasteiger partial charge in [0, 0.05) is 12.5 Å². The first-order chi connectivity index (χ1) is 9.91. The van der Waals surface area contributed by atoms with Crippen LogP contribution < -0.4 is 0 Å². The van der Waals surface area contributed by atoms with Crippen molar-refractivity contribution in [1.29, 1.82) is 0 Å². The maximum absolute atomic E-state index is 11.5. The summed E-state index contributed by atoms with van der Waals surface area (Å²) in [5, 5.41) is 9.43. The number of hydrogen-bond donors (Lipinski definition) is 1. The molecule has 21 heavy (non-hydrogen) atoms. The molecule has 114 valence electrons. The Morgan fingerprint density at radius 2 is 2.00 bits per heavy atom. The summed E-state index contributed by atoms with van der Waals surface area (Å²) in [7, 11) is 0. The van der Waals surface area contributed by atoms with Crippen molar-refractivity contribution in [2.75, 3.05) is 0 Å². The van der Waals surface area contributed by atoms with Gasteiger partial charge in [-0.25, -0.2) is 9.78 Å². The van der Waals surface area contributed by atoms with Crippen LogP contribution in [0.4, 0.5) is 0 Å². The molecule has 4 nitrogen and oxygen atoms in total. The highest BCUT2D eigenvalue weighted by Crippen LogP contribution is 2.25. The number of aromatic nitrogens is 2. The number of carbonyl (C=O) groups is 1. The van der Waals surface area contributed by atoms with E-state index in [1.807, 2.05) is 6.07 Å². The van der Waals surface area contributed by atoms with Crippen molar-refractivity contribution in [3.8, 4) is 0 Å². The molecule has 0 aliphatic rings. The Balaban J connectivity index is 2.52. The second-order valence-corrected chi connectivity index (χ2v) is 6.29. The van der Waals surface area contributed by atoms with E-state index in [-0.39, 0.29) is 5.92 Å². The lowest BCUT2D eigenvalue weighted by Gasteiger charge is -2.13. The van der Waals surface area contributed by atoms with Gasteiger partial charge < -0.3 is 9.67 Å². The smallest absolute Gasteiger partial charge is 0.337 e. The van der Waals surface area contributed by atoms with Crippen LogP contribution >= 0.6 is 0 Å². The lowest BCUT2D eigenvalue weighted by molar-refractivity contribution is 0.0698. The molecule has 0 unspecified atom stereocenters. The van der Waals surface area contributed by atoms with Gasteiger partial charge in [0.2, 0.25) is 0 Å². The third kappa shape index (κ3) is 3.26. The normalized spacial score (nSPS) is 11.7. The fraction of sp³-hybridized carbons (Fsp3) is 0.529. The molecule has 0 radical (unpaired) electrons. The number of carboxylic acid groups (broad SMARTS) is 1. The first kappa shape index (κ1) is 15.5.